The van der Waals surface area contributed by atoms with Crippen LogP contribution in [-0.4, -0.2) is 33.3 Å². The van der Waals surface area contributed by atoms with Crippen LogP contribution in [0.2, 0.25) is 0 Å². The SMILES string of the molecule is CC(C)CC(CNC(=O)Cn1ccc(C(F)(F)F)n1)C(=O)O. The standard InChI is InChI=1S/C13H18F3N3O3/c1-8(2)5-9(12(21)22)6-17-11(20)7-19-4-3-10(18-19)13(14,15)16/h3-4,8-9H,5-7H2,1-2H3,(H,17,20)(H,21,22). The lowest BCUT2D eigenvalue weighted by atomic mass is 9.97. The molecule has 124 valence electrons. The van der Waals surface area contributed by atoms with Gasteiger partial charge >= 0.3 is 12.1 Å². The first-order valence-electron chi connectivity index (χ1n) is 6.69. The fourth-order valence-electron chi connectivity index (χ4n) is 1.88. The number of hydrogen-bond donors (Lipinski definition) is 2. The van der Waals surface area contributed by atoms with Crippen LogP contribution in [0.3, 0.4) is 0 Å². The second kappa shape index (κ2) is 7.28. The van der Waals surface area contributed by atoms with Gasteiger partial charge in [-0.05, 0) is 18.4 Å². The van der Waals surface area contributed by atoms with E-state index in [1.54, 1.807) is 0 Å². The average molecular weight is 321 g/mol. The third kappa shape index (κ3) is 5.74. The number of nitrogens with zero attached hydrogens (tertiary/aromatic N) is 2. The van der Waals surface area contributed by atoms with Gasteiger partial charge in [-0.2, -0.15) is 18.3 Å². The molecule has 0 bridgehead atoms. The van der Waals surface area contributed by atoms with E-state index in [1.807, 2.05) is 13.8 Å². The highest BCUT2D eigenvalue weighted by molar-refractivity contribution is 5.77. The normalized spacial score (nSPS) is 13.2. The molecule has 1 atom stereocenters. The molecule has 1 aromatic heterocycles. The zero-order chi connectivity index (χ0) is 16.9. The summed E-state index contributed by atoms with van der Waals surface area (Å²) in [5, 5.41) is 14.7. The lowest BCUT2D eigenvalue weighted by Gasteiger charge is -2.15. The van der Waals surface area contributed by atoms with Crippen LogP contribution in [0.15, 0.2) is 12.3 Å². The van der Waals surface area contributed by atoms with Crippen LogP contribution < -0.4 is 5.32 Å². The van der Waals surface area contributed by atoms with Crippen molar-refractivity contribution in [2.75, 3.05) is 6.54 Å². The van der Waals surface area contributed by atoms with Crippen molar-refractivity contribution >= 4 is 11.9 Å². The minimum absolute atomic E-state index is 0.0697. The molecule has 0 saturated heterocycles. The Kier molecular flexibility index (Phi) is 5.95. The Hall–Kier alpha value is -2.06. The van der Waals surface area contributed by atoms with Crippen LogP contribution in [0, 0.1) is 11.8 Å². The summed E-state index contributed by atoms with van der Waals surface area (Å²) in [6.45, 7) is 3.25. The van der Waals surface area contributed by atoms with Gasteiger partial charge in [0.2, 0.25) is 5.91 Å². The van der Waals surface area contributed by atoms with Gasteiger partial charge < -0.3 is 10.4 Å². The molecule has 1 aromatic rings. The number of carbonyl (C=O) groups is 2. The highest BCUT2D eigenvalue weighted by Crippen LogP contribution is 2.27. The molecule has 0 aliphatic carbocycles. The number of rotatable bonds is 7. The van der Waals surface area contributed by atoms with Gasteiger partial charge in [-0.15, -0.1) is 0 Å². The van der Waals surface area contributed by atoms with E-state index < -0.39 is 36.2 Å². The van der Waals surface area contributed by atoms with Crippen molar-refractivity contribution in [3.05, 3.63) is 18.0 Å². The largest absolute Gasteiger partial charge is 0.481 e. The first kappa shape index (κ1) is 18.0. The van der Waals surface area contributed by atoms with E-state index in [-0.39, 0.29) is 12.5 Å². The van der Waals surface area contributed by atoms with E-state index in [4.69, 9.17) is 5.11 Å². The summed E-state index contributed by atoms with van der Waals surface area (Å²) in [5.74, 6) is -2.19. The van der Waals surface area contributed by atoms with Crippen molar-refractivity contribution in [2.24, 2.45) is 11.8 Å². The summed E-state index contributed by atoms with van der Waals surface area (Å²) >= 11 is 0. The van der Waals surface area contributed by atoms with E-state index in [0.717, 1.165) is 16.9 Å². The molecule has 1 amide bonds. The number of carboxylic acid groups (broad SMARTS) is 1. The minimum Gasteiger partial charge on any atom is -0.481 e. The molecular formula is C13H18F3N3O3. The van der Waals surface area contributed by atoms with Crippen LogP contribution in [-0.2, 0) is 22.3 Å². The van der Waals surface area contributed by atoms with Crippen molar-refractivity contribution in [1.29, 1.82) is 0 Å². The van der Waals surface area contributed by atoms with Gasteiger partial charge in [0.05, 0.1) is 5.92 Å². The van der Waals surface area contributed by atoms with Gasteiger partial charge in [0, 0.05) is 12.7 Å². The Morgan fingerprint density at radius 2 is 2.05 bits per heavy atom. The summed E-state index contributed by atoms with van der Waals surface area (Å²) in [6.07, 6.45) is -3.12. The first-order chi connectivity index (χ1) is 10.1. The maximum atomic E-state index is 12.4. The van der Waals surface area contributed by atoms with Crippen LogP contribution in [0.25, 0.3) is 0 Å². The third-order valence-electron chi connectivity index (χ3n) is 2.89. The first-order valence-corrected chi connectivity index (χ1v) is 6.69. The zero-order valence-corrected chi connectivity index (χ0v) is 12.2. The monoisotopic (exact) mass is 321 g/mol. The lowest BCUT2D eigenvalue weighted by molar-refractivity contribution is -0.143. The van der Waals surface area contributed by atoms with Crippen LogP contribution in [0.5, 0.6) is 0 Å². The summed E-state index contributed by atoms with van der Waals surface area (Å²) < 4.78 is 37.9. The van der Waals surface area contributed by atoms with Gasteiger partial charge in [-0.1, -0.05) is 13.8 Å². The average Bonchev–Trinajstić information content (AvgIpc) is 2.82. The maximum Gasteiger partial charge on any atom is 0.435 e. The molecule has 1 unspecified atom stereocenters. The molecule has 1 heterocycles. The summed E-state index contributed by atoms with van der Waals surface area (Å²) in [5.41, 5.74) is -1.08. The number of hydrogen-bond acceptors (Lipinski definition) is 3. The summed E-state index contributed by atoms with van der Waals surface area (Å²) in [7, 11) is 0. The molecule has 0 radical (unpaired) electrons. The van der Waals surface area contributed by atoms with E-state index in [0.29, 0.717) is 6.42 Å². The molecule has 0 fully saturated rings. The maximum absolute atomic E-state index is 12.4. The molecule has 0 saturated carbocycles. The Balaban J connectivity index is 2.52. The van der Waals surface area contributed by atoms with Gasteiger partial charge in [0.1, 0.15) is 6.54 Å². The molecule has 22 heavy (non-hydrogen) atoms. The topological polar surface area (TPSA) is 84.2 Å². The summed E-state index contributed by atoms with van der Waals surface area (Å²) in [4.78, 5) is 22.7. The van der Waals surface area contributed by atoms with Crippen LogP contribution in [0.4, 0.5) is 13.2 Å². The Morgan fingerprint density at radius 1 is 1.41 bits per heavy atom. The molecule has 1 rings (SSSR count). The molecule has 9 heteroatoms. The van der Waals surface area contributed by atoms with Gasteiger partial charge in [-0.25, -0.2) is 0 Å². The molecule has 0 aliphatic rings. The third-order valence-corrected chi connectivity index (χ3v) is 2.89. The lowest BCUT2D eigenvalue weighted by Crippen LogP contribution is -2.35. The van der Waals surface area contributed by atoms with Gasteiger partial charge in [0.25, 0.3) is 0 Å². The molecule has 0 aromatic carbocycles. The minimum atomic E-state index is -4.56. The number of amides is 1. The predicted molar refractivity (Wildman–Crippen MR) is 70.8 cm³/mol. The van der Waals surface area contributed by atoms with E-state index in [9.17, 15) is 22.8 Å². The fourth-order valence-corrected chi connectivity index (χ4v) is 1.88. The van der Waals surface area contributed by atoms with Crippen molar-refractivity contribution in [1.82, 2.24) is 15.1 Å². The number of aliphatic carboxylic acids is 1. The van der Waals surface area contributed by atoms with Crippen LogP contribution >= 0.6 is 0 Å². The zero-order valence-electron chi connectivity index (χ0n) is 12.2. The Morgan fingerprint density at radius 3 is 2.50 bits per heavy atom. The van der Waals surface area contributed by atoms with Crippen molar-refractivity contribution < 1.29 is 27.9 Å². The van der Waals surface area contributed by atoms with Gasteiger partial charge in [-0.3, -0.25) is 14.3 Å². The Bertz CT molecular complexity index is 526. The number of nitrogens with one attached hydrogen (secondary N) is 1. The smallest absolute Gasteiger partial charge is 0.435 e. The van der Waals surface area contributed by atoms with Crippen LogP contribution in [0.1, 0.15) is 26.0 Å². The van der Waals surface area contributed by atoms with Crippen molar-refractivity contribution in [3.63, 3.8) is 0 Å². The van der Waals surface area contributed by atoms with Gasteiger partial charge in [0.15, 0.2) is 5.69 Å². The molecule has 0 spiro atoms. The van der Waals surface area contributed by atoms with Crippen molar-refractivity contribution in [3.8, 4) is 0 Å². The number of aromatic nitrogens is 2. The molecule has 0 aliphatic heterocycles. The number of carboxylic acids is 1. The second-order valence-electron chi connectivity index (χ2n) is 5.37. The van der Waals surface area contributed by atoms with E-state index >= 15 is 0 Å². The second-order valence-corrected chi connectivity index (χ2v) is 5.37. The summed E-state index contributed by atoms with van der Waals surface area (Å²) in [6, 6.07) is 0.770. The molecular weight excluding hydrogens is 303 g/mol. The number of carbonyl (C=O) groups excluding carboxylic acids is 1. The van der Waals surface area contributed by atoms with Crippen molar-refractivity contribution in [2.45, 2.75) is 33.0 Å². The predicted octanol–water partition coefficient (Wildman–Crippen LogP) is 1.77. The number of halogens is 3. The Labute approximate surface area is 125 Å². The highest BCUT2D eigenvalue weighted by atomic mass is 19.4. The number of alkyl halides is 3. The van der Waals surface area contributed by atoms with E-state index in [2.05, 4.69) is 10.4 Å². The highest BCUT2D eigenvalue weighted by Gasteiger charge is 2.33. The molecule has 6 nitrogen and oxygen atoms in total. The molecule has 2 N–H and O–H groups in total. The fraction of sp³-hybridized carbons (Fsp3) is 0.615. The quantitative estimate of drug-likeness (QED) is 0.801. The van der Waals surface area contributed by atoms with E-state index in [1.165, 1.54) is 0 Å².